The van der Waals surface area contributed by atoms with Gasteiger partial charge in [0.15, 0.2) is 0 Å². The van der Waals surface area contributed by atoms with Crippen molar-refractivity contribution >= 4 is 29.0 Å². The lowest BCUT2D eigenvalue weighted by Crippen LogP contribution is -2.46. The largest absolute Gasteiger partial charge is 0.376 e. The number of amides is 3. The molecule has 6 nitrogen and oxygen atoms in total. The second kappa shape index (κ2) is 12.0. The summed E-state index contributed by atoms with van der Waals surface area (Å²) in [5, 5.41) is 4.75. The van der Waals surface area contributed by atoms with Gasteiger partial charge < -0.3 is 19.9 Å². The summed E-state index contributed by atoms with van der Waals surface area (Å²) in [4.78, 5) is 31.1. The fraction of sp³-hybridized carbons (Fsp3) is 0.333. The molecule has 1 aliphatic heterocycles. The number of thiophene rings is 1. The minimum Gasteiger partial charge on any atom is -0.376 e. The first-order valence-corrected chi connectivity index (χ1v) is 12.6. The number of halogens is 1. The number of nitrogens with zero attached hydrogens (tertiary/aromatic N) is 2. The fourth-order valence-corrected chi connectivity index (χ4v) is 4.98. The standard InChI is InChI=1S/C27H30FN3O3S/c1-20-12-14-35-25(20)18-30(16-21-7-3-2-4-8-21)26(32)19-31(17-24-11-6-13-34-24)27(33)29-23-10-5-9-22(28)15-23/h2-5,7-10,12,14-15,24H,6,11,13,16-19H2,1H3,(H,29,33). The number of carbonyl (C=O) groups is 2. The van der Waals surface area contributed by atoms with Crippen molar-refractivity contribution in [1.29, 1.82) is 0 Å². The number of urea groups is 1. The van der Waals surface area contributed by atoms with Crippen LogP contribution in [0, 0.1) is 12.7 Å². The maximum atomic E-state index is 13.6. The van der Waals surface area contributed by atoms with E-state index in [0.717, 1.165) is 28.8 Å². The Morgan fingerprint density at radius 2 is 1.91 bits per heavy atom. The van der Waals surface area contributed by atoms with Crippen LogP contribution in [0.25, 0.3) is 0 Å². The van der Waals surface area contributed by atoms with Crippen molar-refractivity contribution in [3.05, 3.63) is 87.9 Å². The summed E-state index contributed by atoms with van der Waals surface area (Å²) in [5.74, 6) is -0.598. The molecule has 0 bridgehead atoms. The zero-order valence-corrected chi connectivity index (χ0v) is 20.6. The maximum Gasteiger partial charge on any atom is 0.322 e. The molecule has 1 aromatic heterocycles. The van der Waals surface area contributed by atoms with Crippen molar-refractivity contribution in [2.24, 2.45) is 0 Å². The molecule has 1 fully saturated rings. The lowest BCUT2D eigenvalue weighted by molar-refractivity contribution is -0.133. The molecule has 2 heterocycles. The molecule has 3 aromatic rings. The van der Waals surface area contributed by atoms with E-state index in [0.29, 0.717) is 31.9 Å². The minimum absolute atomic E-state index is 0.0989. The molecule has 1 atom stereocenters. The Kier molecular flexibility index (Phi) is 8.50. The summed E-state index contributed by atoms with van der Waals surface area (Å²) >= 11 is 1.62. The van der Waals surface area contributed by atoms with Crippen LogP contribution in [0.2, 0.25) is 0 Å². The third kappa shape index (κ3) is 7.13. The summed E-state index contributed by atoms with van der Waals surface area (Å²) in [7, 11) is 0. The van der Waals surface area contributed by atoms with E-state index in [1.165, 1.54) is 23.1 Å². The van der Waals surface area contributed by atoms with E-state index in [2.05, 4.69) is 5.32 Å². The topological polar surface area (TPSA) is 61.9 Å². The van der Waals surface area contributed by atoms with Gasteiger partial charge in [-0.1, -0.05) is 36.4 Å². The smallest absolute Gasteiger partial charge is 0.322 e. The first kappa shape index (κ1) is 24.9. The second-order valence-corrected chi connectivity index (χ2v) is 9.72. The lowest BCUT2D eigenvalue weighted by Gasteiger charge is -2.29. The highest BCUT2D eigenvalue weighted by Crippen LogP contribution is 2.21. The van der Waals surface area contributed by atoms with Crippen molar-refractivity contribution in [3.63, 3.8) is 0 Å². The summed E-state index contributed by atoms with van der Waals surface area (Å²) < 4.78 is 19.4. The Morgan fingerprint density at radius 3 is 2.60 bits per heavy atom. The average molecular weight is 496 g/mol. The molecule has 1 N–H and O–H groups in total. The summed E-state index contributed by atoms with van der Waals surface area (Å²) in [6.45, 7) is 3.79. The van der Waals surface area contributed by atoms with E-state index < -0.39 is 11.8 Å². The van der Waals surface area contributed by atoms with Gasteiger partial charge in [-0.2, -0.15) is 0 Å². The zero-order valence-electron chi connectivity index (χ0n) is 19.8. The van der Waals surface area contributed by atoms with Crippen LogP contribution in [0.1, 0.15) is 28.8 Å². The highest BCUT2D eigenvalue weighted by molar-refractivity contribution is 7.10. The number of anilines is 1. The summed E-state index contributed by atoms with van der Waals surface area (Å²) in [6, 6.07) is 17.1. The van der Waals surface area contributed by atoms with E-state index in [9.17, 15) is 14.0 Å². The minimum atomic E-state index is -0.452. The third-order valence-electron chi connectivity index (χ3n) is 6.01. The monoisotopic (exact) mass is 495 g/mol. The SMILES string of the molecule is Cc1ccsc1CN(Cc1ccccc1)C(=O)CN(CC1CCCO1)C(=O)Nc1cccc(F)c1. The number of rotatable bonds is 9. The van der Waals surface area contributed by atoms with Crippen LogP contribution in [-0.4, -0.2) is 47.5 Å². The molecule has 184 valence electrons. The molecule has 4 rings (SSSR count). The average Bonchev–Trinajstić information content (AvgIpc) is 3.50. The predicted molar refractivity (Wildman–Crippen MR) is 136 cm³/mol. The lowest BCUT2D eigenvalue weighted by atomic mass is 10.2. The molecule has 1 saturated heterocycles. The normalized spacial score (nSPS) is 15.1. The van der Waals surface area contributed by atoms with Crippen LogP contribution in [0.5, 0.6) is 0 Å². The molecule has 0 radical (unpaired) electrons. The number of hydrogen-bond donors (Lipinski definition) is 1. The molecule has 2 aromatic carbocycles. The van der Waals surface area contributed by atoms with Gasteiger partial charge in [-0.05, 0) is 60.5 Å². The number of carbonyl (C=O) groups excluding carboxylic acids is 2. The highest BCUT2D eigenvalue weighted by Gasteiger charge is 2.27. The summed E-state index contributed by atoms with van der Waals surface area (Å²) in [6.07, 6.45) is 1.64. The molecular weight excluding hydrogens is 465 g/mol. The Hall–Kier alpha value is -3.23. The molecule has 1 unspecified atom stereocenters. The number of ether oxygens (including phenoxy) is 1. The van der Waals surface area contributed by atoms with E-state index in [1.54, 1.807) is 22.3 Å². The predicted octanol–water partition coefficient (Wildman–Crippen LogP) is 5.44. The maximum absolute atomic E-state index is 13.6. The molecule has 0 spiro atoms. The number of benzene rings is 2. The fourth-order valence-electron chi connectivity index (χ4n) is 4.06. The quantitative estimate of drug-likeness (QED) is 0.430. The first-order chi connectivity index (χ1) is 17.0. The second-order valence-electron chi connectivity index (χ2n) is 8.72. The van der Waals surface area contributed by atoms with Crippen molar-refractivity contribution in [1.82, 2.24) is 9.80 Å². The number of nitrogens with one attached hydrogen (secondary N) is 1. The molecule has 35 heavy (non-hydrogen) atoms. The Bertz CT molecular complexity index is 1130. The number of aryl methyl sites for hydroxylation is 1. The van der Waals surface area contributed by atoms with Crippen LogP contribution in [0.15, 0.2) is 66.0 Å². The van der Waals surface area contributed by atoms with Crippen LogP contribution in [0.3, 0.4) is 0 Å². The van der Waals surface area contributed by atoms with Crippen LogP contribution < -0.4 is 5.32 Å². The molecule has 0 saturated carbocycles. The van der Waals surface area contributed by atoms with E-state index in [1.807, 2.05) is 48.7 Å². The van der Waals surface area contributed by atoms with E-state index >= 15 is 0 Å². The van der Waals surface area contributed by atoms with Crippen LogP contribution in [-0.2, 0) is 22.6 Å². The van der Waals surface area contributed by atoms with Gasteiger partial charge in [0.1, 0.15) is 12.4 Å². The molecule has 3 amide bonds. The van der Waals surface area contributed by atoms with Crippen molar-refractivity contribution in [3.8, 4) is 0 Å². The molecule has 1 aliphatic rings. The van der Waals surface area contributed by atoms with Gasteiger partial charge in [0.25, 0.3) is 0 Å². The molecule has 0 aliphatic carbocycles. The van der Waals surface area contributed by atoms with Crippen molar-refractivity contribution in [2.45, 2.75) is 39.0 Å². The van der Waals surface area contributed by atoms with Gasteiger partial charge in [0.2, 0.25) is 5.91 Å². The van der Waals surface area contributed by atoms with Crippen molar-refractivity contribution in [2.75, 3.05) is 25.0 Å². The van der Waals surface area contributed by atoms with Gasteiger partial charge >= 0.3 is 6.03 Å². The van der Waals surface area contributed by atoms with Gasteiger partial charge in [-0.3, -0.25) is 4.79 Å². The molecular formula is C27H30FN3O3S. The first-order valence-electron chi connectivity index (χ1n) is 11.8. The Labute approximate surface area is 209 Å². The van der Waals surface area contributed by atoms with Gasteiger partial charge in [0.05, 0.1) is 12.6 Å². The van der Waals surface area contributed by atoms with Crippen molar-refractivity contribution < 1.29 is 18.7 Å². The highest BCUT2D eigenvalue weighted by atomic mass is 32.1. The van der Waals surface area contributed by atoms with Gasteiger partial charge in [0, 0.05) is 30.3 Å². The zero-order chi connectivity index (χ0) is 24.6. The van der Waals surface area contributed by atoms with Crippen LogP contribution in [0.4, 0.5) is 14.9 Å². The van der Waals surface area contributed by atoms with E-state index in [-0.39, 0.29) is 18.6 Å². The van der Waals surface area contributed by atoms with Crippen LogP contribution >= 0.6 is 11.3 Å². The summed E-state index contributed by atoms with van der Waals surface area (Å²) in [5.41, 5.74) is 2.50. The van der Waals surface area contributed by atoms with Gasteiger partial charge in [-0.15, -0.1) is 11.3 Å². The Morgan fingerprint density at radius 1 is 1.09 bits per heavy atom. The Balaban J connectivity index is 1.52. The van der Waals surface area contributed by atoms with E-state index in [4.69, 9.17) is 4.74 Å². The third-order valence-corrected chi connectivity index (χ3v) is 7.02. The molecule has 8 heteroatoms. The number of hydrogen-bond acceptors (Lipinski definition) is 4. The van der Waals surface area contributed by atoms with Gasteiger partial charge in [-0.25, -0.2) is 9.18 Å².